The number of fused-ring (bicyclic) bond motifs is 1. The summed E-state index contributed by atoms with van der Waals surface area (Å²) in [5, 5.41) is 4.58. The third-order valence-electron chi connectivity index (χ3n) is 4.41. The lowest BCUT2D eigenvalue weighted by molar-refractivity contribution is 0.297. The Morgan fingerprint density at radius 2 is 1.86 bits per heavy atom. The summed E-state index contributed by atoms with van der Waals surface area (Å²) in [6.45, 7) is 2.43. The van der Waals surface area contributed by atoms with Gasteiger partial charge in [0.25, 0.3) is 0 Å². The highest BCUT2D eigenvalue weighted by Crippen LogP contribution is 2.31. The summed E-state index contributed by atoms with van der Waals surface area (Å²) in [5.41, 5.74) is 1.28. The summed E-state index contributed by atoms with van der Waals surface area (Å²) < 4.78 is 11.4. The van der Waals surface area contributed by atoms with Gasteiger partial charge in [0, 0.05) is 24.3 Å². The molecule has 1 saturated carbocycles. The SMILES string of the molecule is CSC1CCC(NCc2ccc3c(c2)OCCCO3)CC1. The third kappa shape index (κ3) is 4.07. The average molecular weight is 307 g/mol. The van der Waals surface area contributed by atoms with Gasteiger partial charge in [0.15, 0.2) is 11.5 Å². The molecule has 1 aromatic carbocycles. The molecular weight excluding hydrogens is 282 g/mol. The standard InChI is InChI=1S/C17H25NO2S/c1-21-15-6-4-14(5-7-15)18-12-13-3-8-16-17(11-13)20-10-2-9-19-16/h3,8,11,14-15,18H,2,4-7,9-10,12H2,1H3. The van der Waals surface area contributed by atoms with Gasteiger partial charge in [-0.25, -0.2) is 0 Å². The summed E-state index contributed by atoms with van der Waals surface area (Å²) in [6.07, 6.45) is 8.49. The summed E-state index contributed by atoms with van der Waals surface area (Å²) in [5.74, 6) is 1.79. The van der Waals surface area contributed by atoms with Gasteiger partial charge in [-0.2, -0.15) is 11.8 Å². The van der Waals surface area contributed by atoms with Gasteiger partial charge in [-0.15, -0.1) is 0 Å². The molecule has 3 nitrogen and oxygen atoms in total. The van der Waals surface area contributed by atoms with E-state index >= 15 is 0 Å². The first-order valence-corrected chi connectivity index (χ1v) is 9.28. The number of rotatable bonds is 4. The van der Waals surface area contributed by atoms with E-state index in [1.54, 1.807) is 0 Å². The van der Waals surface area contributed by atoms with Gasteiger partial charge in [-0.1, -0.05) is 6.07 Å². The molecule has 4 heteroatoms. The molecule has 1 aliphatic carbocycles. The van der Waals surface area contributed by atoms with Gasteiger partial charge >= 0.3 is 0 Å². The molecule has 0 spiro atoms. The second-order valence-electron chi connectivity index (χ2n) is 5.92. The Bertz CT molecular complexity index is 458. The Kier molecular flexibility index (Phi) is 5.31. The van der Waals surface area contributed by atoms with Crippen molar-refractivity contribution in [3.05, 3.63) is 23.8 Å². The Morgan fingerprint density at radius 3 is 2.62 bits per heavy atom. The fourth-order valence-corrected chi connectivity index (χ4v) is 3.83. The lowest BCUT2D eigenvalue weighted by Gasteiger charge is -2.28. The summed E-state index contributed by atoms with van der Waals surface area (Å²) in [6, 6.07) is 6.99. The van der Waals surface area contributed by atoms with Gasteiger partial charge in [0.1, 0.15) is 0 Å². The molecule has 0 aromatic heterocycles. The number of hydrogen-bond donors (Lipinski definition) is 1. The fraction of sp³-hybridized carbons (Fsp3) is 0.647. The smallest absolute Gasteiger partial charge is 0.161 e. The van der Waals surface area contributed by atoms with E-state index in [0.717, 1.165) is 42.9 Å². The number of hydrogen-bond acceptors (Lipinski definition) is 4. The highest BCUT2D eigenvalue weighted by molar-refractivity contribution is 7.99. The molecule has 0 amide bonds. The topological polar surface area (TPSA) is 30.5 Å². The predicted molar refractivity (Wildman–Crippen MR) is 88.4 cm³/mol. The molecule has 0 radical (unpaired) electrons. The van der Waals surface area contributed by atoms with E-state index in [9.17, 15) is 0 Å². The summed E-state index contributed by atoms with van der Waals surface area (Å²) in [7, 11) is 0. The molecule has 0 unspecified atom stereocenters. The van der Waals surface area contributed by atoms with Gasteiger partial charge in [-0.05, 0) is 49.6 Å². The summed E-state index contributed by atoms with van der Waals surface area (Å²) in [4.78, 5) is 0. The van der Waals surface area contributed by atoms with Crippen LogP contribution in [0.3, 0.4) is 0 Å². The van der Waals surface area contributed by atoms with Crippen molar-refractivity contribution in [3.63, 3.8) is 0 Å². The zero-order valence-electron chi connectivity index (χ0n) is 12.8. The molecule has 0 atom stereocenters. The first-order chi connectivity index (χ1) is 10.3. The fourth-order valence-electron chi connectivity index (χ4n) is 3.08. The van der Waals surface area contributed by atoms with E-state index in [4.69, 9.17) is 9.47 Å². The van der Waals surface area contributed by atoms with Crippen molar-refractivity contribution < 1.29 is 9.47 Å². The quantitative estimate of drug-likeness (QED) is 0.920. The van der Waals surface area contributed by atoms with Crippen molar-refractivity contribution in [2.24, 2.45) is 0 Å². The number of thioether (sulfide) groups is 1. The van der Waals surface area contributed by atoms with Crippen LogP contribution in [0.25, 0.3) is 0 Å². The number of benzene rings is 1. The zero-order valence-corrected chi connectivity index (χ0v) is 13.6. The van der Waals surface area contributed by atoms with Crippen molar-refractivity contribution in [1.82, 2.24) is 5.32 Å². The molecule has 1 aliphatic heterocycles. The van der Waals surface area contributed by atoms with E-state index in [1.807, 2.05) is 17.8 Å². The largest absolute Gasteiger partial charge is 0.490 e. The lowest BCUT2D eigenvalue weighted by Crippen LogP contribution is -2.33. The molecule has 1 aromatic rings. The first kappa shape index (κ1) is 15.0. The minimum absolute atomic E-state index is 0.671. The normalized spacial score (nSPS) is 25.4. The molecular formula is C17H25NO2S. The maximum absolute atomic E-state index is 5.75. The van der Waals surface area contributed by atoms with Crippen LogP contribution in [0.1, 0.15) is 37.7 Å². The van der Waals surface area contributed by atoms with Crippen molar-refractivity contribution in [3.8, 4) is 11.5 Å². The van der Waals surface area contributed by atoms with E-state index in [0.29, 0.717) is 6.04 Å². The van der Waals surface area contributed by atoms with E-state index < -0.39 is 0 Å². The second-order valence-corrected chi connectivity index (χ2v) is 7.06. The van der Waals surface area contributed by atoms with Gasteiger partial charge in [0.2, 0.25) is 0 Å². The Balaban J connectivity index is 1.53. The molecule has 2 aliphatic rings. The van der Waals surface area contributed by atoms with Crippen LogP contribution < -0.4 is 14.8 Å². The Hall–Kier alpha value is -0.870. The maximum atomic E-state index is 5.75. The van der Waals surface area contributed by atoms with Crippen LogP contribution in [0.15, 0.2) is 18.2 Å². The Morgan fingerprint density at radius 1 is 1.10 bits per heavy atom. The molecule has 116 valence electrons. The van der Waals surface area contributed by atoms with E-state index in [2.05, 4.69) is 23.7 Å². The average Bonchev–Trinajstić information content (AvgIpc) is 2.78. The minimum Gasteiger partial charge on any atom is -0.490 e. The number of nitrogens with one attached hydrogen (secondary N) is 1. The van der Waals surface area contributed by atoms with Crippen molar-refractivity contribution in [2.45, 2.75) is 49.9 Å². The molecule has 1 N–H and O–H groups in total. The molecule has 1 heterocycles. The maximum Gasteiger partial charge on any atom is 0.161 e. The zero-order chi connectivity index (χ0) is 14.5. The van der Waals surface area contributed by atoms with Gasteiger partial charge < -0.3 is 14.8 Å². The summed E-state index contributed by atoms with van der Waals surface area (Å²) >= 11 is 2.02. The Labute approximate surface area is 131 Å². The van der Waals surface area contributed by atoms with Crippen LogP contribution in [0.4, 0.5) is 0 Å². The molecule has 21 heavy (non-hydrogen) atoms. The highest BCUT2D eigenvalue weighted by atomic mass is 32.2. The van der Waals surface area contributed by atoms with Gasteiger partial charge in [-0.3, -0.25) is 0 Å². The van der Waals surface area contributed by atoms with Crippen LogP contribution in [0, 0.1) is 0 Å². The van der Waals surface area contributed by atoms with Crippen LogP contribution in [-0.2, 0) is 6.54 Å². The van der Waals surface area contributed by atoms with Crippen LogP contribution in [-0.4, -0.2) is 30.8 Å². The predicted octanol–water partition coefficient (Wildman–Crippen LogP) is 3.61. The van der Waals surface area contributed by atoms with Crippen LogP contribution >= 0.6 is 11.8 Å². The number of ether oxygens (including phenoxy) is 2. The third-order valence-corrected chi connectivity index (χ3v) is 5.55. The molecule has 0 saturated heterocycles. The molecule has 1 fully saturated rings. The monoisotopic (exact) mass is 307 g/mol. The lowest BCUT2D eigenvalue weighted by atomic mass is 9.95. The van der Waals surface area contributed by atoms with E-state index in [1.165, 1.54) is 31.2 Å². The molecule has 3 rings (SSSR count). The van der Waals surface area contributed by atoms with Crippen molar-refractivity contribution >= 4 is 11.8 Å². The van der Waals surface area contributed by atoms with E-state index in [-0.39, 0.29) is 0 Å². The highest BCUT2D eigenvalue weighted by Gasteiger charge is 2.20. The minimum atomic E-state index is 0.671. The first-order valence-electron chi connectivity index (χ1n) is 8.00. The van der Waals surface area contributed by atoms with Crippen molar-refractivity contribution in [2.75, 3.05) is 19.5 Å². The molecule has 0 bridgehead atoms. The van der Waals surface area contributed by atoms with Crippen LogP contribution in [0.2, 0.25) is 0 Å². The second kappa shape index (κ2) is 7.41. The van der Waals surface area contributed by atoms with Crippen molar-refractivity contribution in [1.29, 1.82) is 0 Å². The van der Waals surface area contributed by atoms with Crippen LogP contribution in [0.5, 0.6) is 11.5 Å². The van der Waals surface area contributed by atoms with Gasteiger partial charge in [0.05, 0.1) is 13.2 Å².